The Morgan fingerprint density at radius 2 is 2.25 bits per heavy atom. The molecular weight excluding hydrogens is 258 g/mol. The van der Waals surface area contributed by atoms with Crippen molar-refractivity contribution >= 4 is 22.8 Å². The molecule has 0 aromatic carbocycles. The van der Waals surface area contributed by atoms with Crippen molar-refractivity contribution in [3.8, 4) is 0 Å². The number of nitrogens with two attached hydrogens (primary N) is 1. The van der Waals surface area contributed by atoms with Gasteiger partial charge in [-0.25, -0.2) is 5.84 Å². The number of aromatic nitrogens is 4. The van der Waals surface area contributed by atoms with Crippen molar-refractivity contribution in [1.29, 1.82) is 0 Å². The second kappa shape index (κ2) is 5.59. The first-order valence-corrected chi connectivity index (χ1v) is 6.74. The van der Waals surface area contributed by atoms with Crippen LogP contribution >= 0.6 is 0 Å². The molecule has 1 fully saturated rings. The highest BCUT2D eigenvalue weighted by atomic mass is 16.5. The molecule has 0 amide bonds. The molecule has 1 aliphatic rings. The quantitative estimate of drug-likeness (QED) is 0.552. The van der Waals surface area contributed by atoms with E-state index in [1.807, 2.05) is 7.05 Å². The average Bonchev–Trinajstić information content (AvgIpc) is 2.95. The fourth-order valence-corrected chi connectivity index (χ4v) is 2.58. The molecule has 0 saturated carbocycles. The number of anilines is 2. The van der Waals surface area contributed by atoms with Crippen LogP contribution in [0.4, 0.5) is 11.8 Å². The third-order valence-corrected chi connectivity index (χ3v) is 3.65. The molecule has 108 valence electrons. The normalized spacial score (nSPS) is 16.5. The molecule has 20 heavy (non-hydrogen) atoms. The third kappa shape index (κ3) is 2.52. The predicted octanol–water partition coefficient (Wildman–Crippen LogP) is 0.501. The van der Waals surface area contributed by atoms with Crippen molar-refractivity contribution in [2.75, 3.05) is 37.1 Å². The molecule has 1 saturated heterocycles. The van der Waals surface area contributed by atoms with E-state index in [9.17, 15) is 0 Å². The molecular formula is C12H19N7O. The number of nitrogens with zero attached hydrogens (tertiary/aromatic N) is 4. The van der Waals surface area contributed by atoms with Crippen LogP contribution in [0.5, 0.6) is 0 Å². The Kier molecular flexibility index (Phi) is 3.66. The zero-order chi connectivity index (χ0) is 13.9. The van der Waals surface area contributed by atoms with Gasteiger partial charge in [0.2, 0.25) is 5.95 Å². The minimum Gasteiger partial charge on any atom is -0.381 e. The van der Waals surface area contributed by atoms with Gasteiger partial charge in [-0.05, 0) is 18.8 Å². The van der Waals surface area contributed by atoms with Crippen molar-refractivity contribution in [3.05, 3.63) is 6.20 Å². The fourth-order valence-electron chi connectivity index (χ4n) is 2.58. The number of aromatic amines is 1. The summed E-state index contributed by atoms with van der Waals surface area (Å²) in [5, 5.41) is 7.78. The van der Waals surface area contributed by atoms with Gasteiger partial charge in [-0.2, -0.15) is 15.1 Å². The molecule has 2 aromatic rings. The molecule has 2 aromatic heterocycles. The molecule has 0 aliphatic carbocycles. The standard InChI is InChI=1S/C12H19N7O/c1-19(7-8-2-4-20-5-3-8)11-9-6-14-18-10(9)15-12(16-11)17-13/h6,8H,2-5,7,13H2,1H3,(H2,14,15,16,17,18). The Morgan fingerprint density at radius 3 is 3.00 bits per heavy atom. The summed E-state index contributed by atoms with van der Waals surface area (Å²) in [6.45, 7) is 2.63. The summed E-state index contributed by atoms with van der Waals surface area (Å²) in [7, 11) is 2.03. The maximum absolute atomic E-state index is 5.42. The molecule has 3 heterocycles. The lowest BCUT2D eigenvalue weighted by atomic mass is 10.00. The van der Waals surface area contributed by atoms with Gasteiger partial charge in [0.25, 0.3) is 0 Å². The SMILES string of the molecule is CN(CC1CCOCC1)c1nc(NN)nc2[nH]ncc12. The molecule has 4 N–H and O–H groups in total. The summed E-state index contributed by atoms with van der Waals surface area (Å²) >= 11 is 0. The summed E-state index contributed by atoms with van der Waals surface area (Å²) in [5.74, 6) is 7.26. The van der Waals surface area contributed by atoms with Gasteiger partial charge < -0.3 is 9.64 Å². The van der Waals surface area contributed by atoms with E-state index in [0.29, 0.717) is 17.5 Å². The van der Waals surface area contributed by atoms with Gasteiger partial charge in [0.15, 0.2) is 5.65 Å². The third-order valence-electron chi connectivity index (χ3n) is 3.65. The second-order valence-corrected chi connectivity index (χ2v) is 5.08. The van der Waals surface area contributed by atoms with E-state index in [4.69, 9.17) is 10.6 Å². The number of fused-ring (bicyclic) bond motifs is 1. The van der Waals surface area contributed by atoms with Crippen molar-refractivity contribution < 1.29 is 4.74 Å². The van der Waals surface area contributed by atoms with Crippen molar-refractivity contribution in [2.45, 2.75) is 12.8 Å². The van der Waals surface area contributed by atoms with E-state index >= 15 is 0 Å². The molecule has 0 radical (unpaired) electrons. The summed E-state index contributed by atoms with van der Waals surface area (Å²) in [6.07, 6.45) is 3.92. The number of nitrogen functional groups attached to an aromatic ring is 1. The van der Waals surface area contributed by atoms with Gasteiger partial charge in [-0.15, -0.1) is 0 Å². The molecule has 3 rings (SSSR count). The molecule has 8 nitrogen and oxygen atoms in total. The Morgan fingerprint density at radius 1 is 1.45 bits per heavy atom. The number of hydrogen-bond donors (Lipinski definition) is 3. The molecule has 0 atom stereocenters. The van der Waals surface area contributed by atoms with Crippen LogP contribution < -0.4 is 16.2 Å². The van der Waals surface area contributed by atoms with Gasteiger partial charge in [0, 0.05) is 26.8 Å². The van der Waals surface area contributed by atoms with E-state index in [0.717, 1.165) is 43.8 Å². The fraction of sp³-hybridized carbons (Fsp3) is 0.583. The number of nitrogens with one attached hydrogen (secondary N) is 2. The van der Waals surface area contributed by atoms with Crippen LogP contribution in [0.2, 0.25) is 0 Å². The minimum atomic E-state index is 0.385. The van der Waals surface area contributed by atoms with E-state index in [2.05, 4.69) is 30.5 Å². The first-order chi connectivity index (χ1) is 9.78. The van der Waals surface area contributed by atoms with Crippen molar-refractivity contribution in [3.63, 3.8) is 0 Å². The number of hydrogen-bond acceptors (Lipinski definition) is 7. The smallest absolute Gasteiger partial charge is 0.241 e. The van der Waals surface area contributed by atoms with Crippen LogP contribution in [0.3, 0.4) is 0 Å². The maximum Gasteiger partial charge on any atom is 0.241 e. The van der Waals surface area contributed by atoms with Gasteiger partial charge in [0.1, 0.15) is 5.82 Å². The van der Waals surface area contributed by atoms with Gasteiger partial charge in [-0.1, -0.05) is 0 Å². The van der Waals surface area contributed by atoms with Crippen molar-refractivity contribution in [2.24, 2.45) is 11.8 Å². The lowest BCUT2D eigenvalue weighted by Gasteiger charge is -2.28. The van der Waals surface area contributed by atoms with Crippen LogP contribution in [0, 0.1) is 5.92 Å². The van der Waals surface area contributed by atoms with E-state index in [1.165, 1.54) is 0 Å². The highest BCUT2D eigenvalue weighted by Gasteiger charge is 2.19. The lowest BCUT2D eigenvalue weighted by molar-refractivity contribution is 0.0685. The Hall–Kier alpha value is -1.93. The highest BCUT2D eigenvalue weighted by Crippen LogP contribution is 2.25. The first-order valence-electron chi connectivity index (χ1n) is 6.74. The molecule has 0 spiro atoms. The molecule has 0 unspecified atom stereocenters. The van der Waals surface area contributed by atoms with Gasteiger partial charge in [-0.3, -0.25) is 10.5 Å². The number of rotatable bonds is 4. The number of ether oxygens (including phenoxy) is 1. The first kappa shape index (κ1) is 13.1. The summed E-state index contributed by atoms with van der Waals surface area (Å²) in [4.78, 5) is 10.8. The van der Waals surface area contributed by atoms with Crippen LogP contribution in [0.1, 0.15) is 12.8 Å². The summed E-state index contributed by atoms with van der Waals surface area (Å²) < 4.78 is 5.40. The maximum atomic E-state index is 5.42. The number of hydrazine groups is 1. The van der Waals surface area contributed by atoms with Gasteiger partial charge >= 0.3 is 0 Å². The Balaban J connectivity index is 1.85. The molecule has 8 heteroatoms. The lowest BCUT2D eigenvalue weighted by Crippen LogP contribution is -2.30. The highest BCUT2D eigenvalue weighted by molar-refractivity contribution is 5.87. The van der Waals surface area contributed by atoms with E-state index in [-0.39, 0.29) is 0 Å². The zero-order valence-corrected chi connectivity index (χ0v) is 11.5. The second-order valence-electron chi connectivity index (χ2n) is 5.08. The monoisotopic (exact) mass is 277 g/mol. The van der Waals surface area contributed by atoms with Gasteiger partial charge in [0.05, 0.1) is 11.6 Å². The Labute approximate surface area is 116 Å². The van der Waals surface area contributed by atoms with E-state index < -0.39 is 0 Å². The van der Waals surface area contributed by atoms with Crippen LogP contribution in [-0.4, -0.2) is 47.0 Å². The average molecular weight is 277 g/mol. The Bertz CT molecular complexity index is 578. The van der Waals surface area contributed by atoms with Crippen LogP contribution in [0.25, 0.3) is 11.0 Å². The molecule has 1 aliphatic heterocycles. The largest absolute Gasteiger partial charge is 0.381 e. The van der Waals surface area contributed by atoms with Crippen LogP contribution in [-0.2, 0) is 4.74 Å². The van der Waals surface area contributed by atoms with Crippen LogP contribution in [0.15, 0.2) is 6.20 Å². The number of H-pyrrole nitrogens is 1. The topological polar surface area (TPSA) is 105 Å². The summed E-state index contributed by atoms with van der Waals surface area (Å²) in [6, 6.07) is 0. The molecule has 0 bridgehead atoms. The van der Waals surface area contributed by atoms with E-state index in [1.54, 1.807) is 6.20 Å². The van der Waals surface area contributed by atoms with Crippen molar-refractivity contribution in [1.82, 2.24) is 20.2 Å². The summed E-state index contributed by atoms with van der Waals surface area (Å²) in [5.41, 5.74) is 3.17. The predicted molar refractivity (Wildman–Crippen MR) is 76.3 cm³/mol. The zero-order valence-electron chi connectivity index (χ0n) is 11.5. The minimum absolute atomic E-state index is 0.385.